The number of phenolic OH excluding ortho intramolecular Hbond substituents is 1. The summed E-state index contributed by atoms with van der Waals surface area (Å²) in [4.78, 5) is 15.8. The Hall–Kier alpha value is -4.08. The van der Waals surface area contributed by atoms with Crippen molar-refractivity contribution in [2.75, 3.05) is 26.2 Å². The van der Waals surface area contributed by atoms with E-state index in [0.717, 1.165) is 49.4 Å². The van der Waals surface area contributed by atoms with Gasteiger partial charge in [0, 0.05) is 51.3 Å². The SMILES string of the molecule is O=C(O)CCCn1nnnc1-c1ccc([C@@H](c2cccc(O)c2)N2CCN(Cc3ccccc3)CC2)cc1. The number of carboxylic acid groups (broad SMARTS) is 1. The number of hydrogen-bond acceptors (Lipinski definition) is 7. The summed E-state index contributed by atoms with van der Waals surface area (Å²) in [5.74, 6) is 0.0422. The Bertz CT molecular complexity index is 1330. The first-order valence-corrected chi connectivity index (χ1v) is 12.9. The van der Waals surface area contributed by atoms with Crippen LogP contribution in [0.15, 0.2) is 78.9 Å². The van der Waals surface area contributed by atoms with Crippen LogP contribution in [0.2, 0.25) is 0 Å². The van der Waals surface area contributed by atoms with Gasteiger partial charge in [0.25, 0.3) is 0 Å². The van der Waals surface area contributed by atoms with E-state index in [9.17, 15) is 9.90 Å². The maximum absolute atomic E-state index is 10.9. The summed E-state index contributed by atoms with van der Waals surface area (Å²) < 4.78 is 1.65. The first-order valence-electron chi connectivity index (χ1n) is 12.9. The molecular formula is C29H32N6O3. The molecule has 9 heteroatoms. The molecule has 38 heavy (non-hydrogen) atoms. The third kappa shape index (κ3) is 6.24. The molecular weight excluding hydrogens is 480 g/mol. The van der Waals surface area contributed by atoms with Gasteiger partial charge in [0.05, 0.1) is 6.04 Å². The van der Waals surface area contributed by atoms with Gasteiger partial charge in [0.15, 0.2) is 5.82 Å². The van der Waals surface area contributed by atoms with Crippen molar-refractivity contribution in [3.63, 3.8) is 0 Å². The number of aromatic hydroxyl groups is 1. The summed E-state index contributed by atoms with van der Waals surface area (Å²) >= 11 is 0. The zero-order chi connectivity index (χ0) is 26.3. The quantitative estimate of drug-likeness (QED) is 0.330. The summed E-state index contributed by atoms with van der Waals surface area (Å²) in [5, 5.41) is 31.2. The molecule has 5 rings (SSSR count). The molecule has 0 bridgehead atoms. The second-order valence-electron chi connectivity index (χ2n) is 9.64. The van der Waals surface area contributed by atoms with Gasteiger partial charge in [-0.3, -0.25) is 14.6 Å². The standard InChI is InChI=1S/C29H32N6O3/c36-26-9-4-8-25(20-26)28(34-18-16-33(17-19-34)21-22-6-2-1-3-7-22)23-11-13-24(14-12-23)29-30-31-32-35(29)15-5-10-27(37)38/h1-4,6-9,11-14,20,28,36H,5,10,15-19,21H2,(H,37,38)/t28-/m0/s1. The van der Waals surface area contributed by atoms with Gasteiger partial charge in [-0.05, 0) is 45.7 Å². The minimum Gasteiger partial charge on any atom is -0.508 e. The van der Waals surface area contributed by atoms with Crippen molar-refractivity contribution in [3.05, 3.63) is 95.6 Å². The fourth-order valence-corrected chi connectivity index (χ4v) is 5.09. The van der Waals surface area contributed by atoms with Crippen LogP contribution in [0.5, 0.6) is 5.75 Å². The fraction of sp³-hybridized carbons (Fsp3) is 0.310. The highest BCUT2D eigenvalue weighted by molar-refractivity contribution is 5.66. The van der Waals surface area contributed by atoms with Crippen molar-refractivity contribution >= 4 is 5.97 Å². The second-order valence-corrected chi connectivity index (χ2v) is 9.64. The zero-order valence-electron chi connectivity index (χ0n) is 21.2. The molecule has 0 unspecified atom stereocenters. The molecule has 196 valence electrons. The van der Waals surface area contributed by atoms with Gasteiger partial charge in [-0.25, -0.2) is 4.68 Å². The van der Waals surface area contributed by atoms with Gasteiger partial charge in [-0.2, -0.15) is 0 Å². The molecule has 4 aromatic rings. The molecule has 3 aromatic carbocycles. The third-order valence-electron chi connectivity index (χ3n) is 6.98. The van der Waals surface area contributed by atoms with Gasteiger partial charge >= 0.3 is 5.97 Å². The largest absolute Gasteiger partial charge is 0.508 e. The van der Waals surface area contributed by atoms with Crippen LogP contribution in [-0.4, -0.2) is 72.4 Å². The monoisotopic (exact) mass is 512 g/mol. The van der Waals surface area contributed by atoms with Gasteiger partial charge in [-0.15, -0.1) is 5.10 Å². The van der Waals surface area contributed by atoms with Crippen molar-refractivity contribution in [2.45, 2.75) is 32.0 Å². The van der Waals surface area contributed by atoms with E-state index in [-0.39, 0.29) is 18.2 Å². The highest BCUT2D eigenvalue weighted by Crippen LogP contribution is 2.32. The number of nitrogens with zero attached hydrogens (tertiary/aromatic N) is 6. The molecule has 0 radical (unpaired) electrons. The Kier molecular flexibility index (Phi) is 8.06. The summed E-state index contributed by atoms with van der Waals surface area (Å²) in [6, 6.07) is 26.3. The van der Waals surface area contributed by atoms with E-state index >= 15 is 0 Å². The van der Waals surface area contributed by atoms with Crippen molar-refractivity contribution in [1.29, 1.82) is 0 Å². The van der Waals surface area contributed by atoms with Crippen LogP contribution in [0.4, 0.5) is 0 Å². The molecule has 0 saturated carbocycles. The topological polar surface area (TPSA) is 108 Å². The number of aromatic nitrogens is 4. The number of phenols is 1. The minimum absolute atomic E-state index is 0.00147. The molecule has 1 aromatic heterocycles. The average molecular weight is 513 g/mol. The number of carbonyl (C=O) groups is 1. The lowest BCUT2D eigenvalue weighted by Gasteiger charge is -2.40. The minimum atomic E-state index is -0.831. The zero-order valence-corrected chi connectivity index (χ0v) is 21.2. The lowest BCUT2D eigenvalue weighted by Crippen LogP contribution is -2.47. The molecule has 1 aliphatic rings. The predicted octanol–water partition coefficient (Wildman–Crippen LogP) is 3.82. The van der Waals surface area contributed by atoms with Crippen LogP contribution in [0.25, 0.3) is 11.4 Å². The second kappa shape index (κ2) is 12.0. The molecule has 0 amide bonds. The molecule has 1 aliphatic heterocycles. The van der Waals surface area contributed by atoms with E-state index < -0.39 is 5.97 Å². The summed E-state index contributed by atoms with van der Waals surface area (Å²) in [7, 11) is 0. The lowest BCUT2D eigenvalue weighted by atomic mass is 9.95. The normalized spacial score (nSPS) is 15.4. The number of aryl methyl sites for hydroxylation is 1. The molecule has 0 aliphatic carbocycles. The summed E-state index contributed by atoms with van der Waals surface area (Å²) in [6.07, 6.45) is 0.531. The Morgan fingerprint density at radius 1 is 0.895 bits per heavy atom. The number of rotatable bonds is 10. The van der Waals surface area contributed by atoms with Crippen LogP contribution in [0.3, 0.4) is 0 Å². The van der Waals surface area contributed by atoms with E-state index in [2.05, 4.69) is 67.8 Å². The molecule has 0 spiro atoms. The number of piperazine rings is 1. The Balaban J connectivity index is 1.33. The van der Waals surface area contributed by atoms with E-state index in [1.807, 2.05) is 30.3 Å². The molecule has 9 nitrogen and oxygen atoms in total. The summed E-state index contributed by atoms with van der Waals surface area (Å²) in [5.41, 5.74) is 4.37. The maximum atomic E-state index is 10.9. The van der Waals surface area contributed by atoms with E-state index in [0.29, 0.717) is 18.8 Å². The van der Waals surface area contributed by atoms with Gasteiger partial charge in [0.2, 0.25) is 0 Å². The number of hydrogen-bond donors (Lipinski definition) is 2. The average Bonchev–Trinajstić information content (AvgIpc) is 3.39. The summed E-state index contributed by atoms with van der Waals surface area (Å²) in [6.45, 7) is 5.14. The maximum Gasteiger partial charge on any atom is 0.303 e. The Labute approximate surface area is 221 Å². The Morgan fingerprint density at radius 3 is 2.37 bits per heavy atom. The van der Waals surface area contributed by atoms with Crippen molar-refractivity contribution < 1.29 is 15.0 Å². The van der Waals surface area contributed by atoms with Crippen LogP contribution in [0.1, 0.15) is 35.6 Å². The van der Waals surface area contributed by atoms with Gasteiger partial charge in [-0.1, -0.05) is 66.7 Å². The van der Waals surface area contributed by atoms with Gasteiger partial charge in [0.1, 0.15) is 5.75 Å². The highest BCUT2D eigenvalue weighted by Gasteiger charge is 2.27. The fourth-order valence-electron chi connectivity index (χ4n) is 5.09. The predicted molar refractivity (Wildman–Crippen MR) is 143 cm³/mol. The molecule has 1 atom stereocenters. The van der Waals surface area contributed by atoms with Crippen molar-refractivity contribution in [2.24, 2.45) is 0 Å². The van der Waals surface area contributed by atoms with E-state index in [1.165, 1.54) is 5.56 Å². The number of benzene rings is 3. The smallest absolute Gasteiger partial charge is 0.303 e. The highest BCUT2D eigenvalue weighted by atomic mass is 16.4. The number of aliphatic carboxylic acids is 1. The molecule has 2 heterocycles. The lowest BCUT2D eigenvalue weighted by molar-refractivity contribution is -0.137. The number of carboxylic acids is 1. The van der Waals surface area contributed by atoms with E-state index in [4.69, 9.17) is 5.11 Å². The first-order chi connectivity index (χ1) is 18.6. The molecule has 1 fully saturated rings. The van der Waals surface area contributed by atoms with Crippen molar-refractivity contribution in [1.82, 2.24) is 30.0 Å². The van der Waals surface area contributed by atoms with Crippen LogP contribution in [-0.2, 0) is 17.9 Å². The van der Waals surface area contributed by atoms with Gasteiger partial charge < -0.3 is 10.2 Å². The Morgan fingerprint density at radius 2 is 1.66 bits per heavy atom. The van der Waals surface area contributed by atoms with Crippen LogP contribution >= 0.6 is 0 Å². The first kappa shape index (κ1) is 25.6. The number of tetrazole rings is 1. The van der Waals surface area contributed by atoms with Crippen molar-refractivity contribution in [3.8, 4) is 17.1 Å². The van der Waals surface area contributed by atoms with Crippen LogP contribution in [0, 0.1) is 0 Å². The third-order valence-corrected chi connectivity index (χ3v) is 6.98. The molecule has 1 saturated heterocycles. The van der Waals surface area contributed by atoms with Crippen LogP contribution < -0.4 is 0 Å². The van der Waals surface area contributed by atoms with E-state index in [1.54, 1.807) is 10.7 Å². The molecule has 2 N–H and O–H groups in total.